The van der Waals surface area contributed by atoms with Crippen LogP contribution in [0.25, 0.3) is 0 Å². The minimum atomic E-state index is -0.0394. The molecule has 0 radical (unpaired) electrons. The number of hydrogen-bond acceptors (Lipinski definition) is 5. The molecule has 6 heteroatoms. The van der Waals surface area contributed by atoms with Gasteiger partial charge in [-0.2, -0.15) is 0 Å². The van der Waals surface area contributed by atoms with Crippen LogP contribution in [-0.2, 0) is 4.79 Å². The first-order valence-electron chi connectivity index (χ1n) is 9.59. The molecule has 2 heterocycles. The van der Waals surface area contributed by atoms with Crippen molar-refractivity contribution in [2.75, 3.05) is 16.8 Å². The number of aliphatic imine (C=N–C) groups is 1. The van der Waals surface area contributed by atoms with Crippen LogP contribution in [0.4, 0.5) is 17.1 Å². The quantitative estimate of drug-likeness (QED) is 0.456. The van der Waals surface area contributed by atoms with Crippen LogP contribution in [0.1, 0.15) is 5.56 Å². The van der Waals surface area contributed by atoms with E-state index < -0.39 is 0 Å². The van der Waals surface area contributed by atoms with Gasteiger partial charge < -0.3 is 4.90 Å². The first-order valence-corrected chi connectivity index (χ1v) is 11.2. The highest BCUT2D eigenvalue weighted by Gasteiger charge is 2.40. The summed E-state index contributed by atoms with van der Waals surface area (Å²) in [6, 6.07) is 26.0. The molecule has 0 aliphatic carbocycles. The van der Waals surface area contributed by atoms with Crippen molar-refractivity contribution in [3.05, 3.63) is 94.4 Å². The molecule has 30 heavy (non-hydrogen) atoms. The van der Waals surface area contributed by atoms with Gasteiger partial charge in [-0.1, -0.05) is 54.2 Å². The van der Waals surface area contributed by atoms with Gasteiger partial charge in [-0.05, 0) is 60.6 Å². The largest absolute Gasteiger partial charge is 0.337 e. The molecule has 0 bridgehead atoms. The summed E-state index contributed by atoms with van der Waals surface area (Å²) in [5, 5.41) is 1.62. The molecule has 3 aromatic carbocycles. The Labute approximate surface area is 184 Å². The van der Waals surface area contributed by atoms with Crippen molar-refractivity contribution in [3.8, 4) is 0 Å². The van der Waals surface area contributed by atoms with E-state index in [9.17, 15) is 4.79 Å². The molecule has 0 saturated carbocycles. The Morgan fingerprint density at radius 3 is 2.40 bits per heavy atom. The van der Waals surface area contributed by atoms with E-state index in [2.05, 4.69) is 17.0 Å². The summed E-state index contributed by atoms with van der Waals surface area (Å²) in [4.78, 5) is 24.1. The molecule has 1 saturated heterocycles. The molecule has 0 atom stereocenters. The van der Waals surface area contributed by atoms with Crippen molar-refractivity contribution in [2.24, 2.45) is 4.99 Å². The number of amidine groups is 1. The number of hydrogen-bond donors (Lipinski definition) is 0. The summed E-state index contributed by atoms with van der Waals surface area (Å²) in [6.07, 6.45) is 0. The molecule has 0 unspecified atom stereocenters. The molecular formula is C24H19N3OS2. The lowest BCUT2D eigenvalue weighted by atomic mass is 10.2. The highest BCUT2D eigenvalue weighted by Crippen LogP contribution is 2.50. The van der Waals surface area contributed by atoms with E-state index in [1.54, 1.807) is 16.7 Å². The molecule has 1 amide bonds. The van der Waals surface area contributed by atoms with Gasteiger partial charge in [0.15, 0.2) is 5.17 Å². The minimum absolute atomic E-state index is 0.0394. The first-order chi connectivity index (χ1) is 14.6. The average molecular weight is 430 g/mol. The number of anilines is 2. The van der Waals surface area contributed by atoms with Crippen LogP contribution in [0.3, 0.4) is 0 Å². The fourth-order valence-electron chi connectivity index (χ4n) is 3.49. The maximum absolute atomic E-state index is 13.6. The van der Waals surface area contributed by atoms with Gasteiger partial charge in [0.1, 0.15) is 4.91 Å². The zero-order valence-corrected chi connectivity index (χ0v) is 18.2. The molecule has 3 aromatic rings. The molecule has 0 aromatic heterocycles. The van der Waals surface area contributed by atoms with Crippen LogP contribution < -0.4 is 9.80 Å². The second kappa shape index (κ2) is 7.70. The SMILES string of the molecule is Cc1cccc(N2C(=O)/C(=C3/Sc4ccccc4N3C)SC2=Nc2ccccc2)c1. The average Bonchev–Trinajstić information content (AvgIpc) is 3.25. The molecule has 1 fully saturated rings. The van der Waals surface area contributed by atoms with Crippen LogP contribution in [0.5, 0.6) is 0 Å². The fourth-order valence-corrected chi connectivity index (χ4v) is 5.83. The second-order valence-electron chi connectivity index (χ2n) is 7.07. The van der Waals surface area contributed by atoms with E-state index in [1.165, 1.54) is 11.8 Å². The van der Waals surface area contributed by atoms with Gasteiger partial charge >= 0.3 is 0 Å². The minimum Gasteiger partial charge on any atom is -0.337 e. The Morgan fingerprint density at radius 2 is 1.63 bits per heavy atom. The van der Waals surface area contributed by atoms with E-state index in [4.69, 9.17) is 4.99 Å². The topological polar surface area (TPSA) is 35.9 Å². The van der Waals surface area contributed by atoms with Crippen molar-refractivity contribution in [3.63, 3.8) is 0 Å². The normalized spacial score (nSPS) is 19.7. The summed E-state index contributed by atoms with van der Waals surface area (Å²) in [5.41, 5.74) is 3.88. The second-order valence-corrected chi connectivity index (χ2v) is 9.08. The van der Waals surface area contributed by atoms with Crippen LogP contribution in [-0.4, -0.2) is 18.1 Å². The van der Waals surface area contributed by atoms with Crippen LogP contribution >= 0.6 is 23.5 Å². The van der Waals surface area contributed by atoms with Gasteiger partial charge in [0, 0.05) is 11.9 Å². The van der Waals surface area contributed by atoms with Gasteiger partial charge in [0.2, 0.25) is 0 Å². The van der Waals surface area contributed by atoms with Gasteiger partial charge in [0.05, 0.1) is 22.1 Å². The van der Waals surface area contributed by atoms with Crippen molar-refractivity contribution >= 4 is 51.7 Å². The number of para-hydroxylation sites is 2. The Balaban J connectivity index is 1.62. The van der Waals surface area contributed by atoms with Crippen LogP contribution in [0.2, 0.25) is 0 Å². The first kappa shape index (κ1) is 19.0. The summed E-state index contributed by atoms with van der Waals surface area (Å²) < 4.78 is 0. The number of fused-ring (bicyclic) bond motifs is 1. The zero-order chi connectivity index (χ0) is 20.7. The summed E-state index contributed by atoms with van der Waals surface area (Å²) >= 11 is 3.07. The number of aryl methyl sites for hydroxylation is 1. The third kappa shape index (κ3) is 3.32. The molecular weight excluding hydrogens is 410 g/mol. The van der Waals surface area contributed by atoms with E-state index in [0.717, 1.165) is 32.6 Å². The number of carbonyl (C=O) groups is 1. The number of thioether (sulfide) groups is 2. The maximum Gasteiger partial charge on any atom is 0.274 e. The smallest absolute Gasteiger partial charge is 0.274 e. The Kier molecular flexibility index (Phi) is 4.89. The molecule has 0 spiro atoms. The van der Waals surface area contributed by atoms with E-state index in [1.807, 2.05) is 80.7 Å². The van der Waals surface area contributed by atoms with Crippen molar-refractivity contribution < 1.29 is 4.79 Å². The molecule has 0 N–H and O–H groups in total. The van der Waals surface area contributed by atoms with Gasteiger partial charge in [0.25, 0.3) is 5.91 Å². The Bertz CT molecular complexity index is 1200. The Morgan fingerprint density at radius 1 is 0.867 bits per heavy atom. The lowest BCUT2D eigenvalue weighted by molar-refractivity contribution is -0.113. The molecule has 2 aliphatic heterocycles. The predicted octanol–water partition coefficient (Wildman–Crippen LogP) is 6.17. The van der Waals surface area contributed by atoms with Crippen LogP contribution in [0, 0.1) is 6.92 Å². The highest BCUT2D eigenvalue weighted by molar-refractivity contribution is 8.20. The lowest BCUT2D eigenvalue weighted by Gasteiger charge is -2.17. The maximum atomic E-state index is 13.6. The predicted molar refractivity (Wildman–Crippen MR) is 128 cm³/mol. The van der Waals surface area contributed by atoms with Gasteiger partial charge in [-0.3, -0.25) is 9.69 Å². The number of benzene rings is 3. The lowest BCUT2D eigenvalue weighted by Crippen LogP contribution is -2.29. The number of rotatable bonds is 2. The molecule has 4 nitrogen and oxygen atoms in total. The summed E-state index contributed by atoms with van der Waals surface area (Å²) in [5.74, 6) is -0.0394. The van der Waals surface area contributed by atoms with Crippen molar-refractivity contribution in [1.29, 1.82) is 0 Å². The van der Waals surface area contributed by atoms with Gasteiger partial charge in [-0.25, -0.2) is 4.99 Å². The van der Waals surface area contributed by atoms with E-state index in [-0.39, 0.29) is 5.91 Å². The highest BCUT2D eigenvalue weighted by atomic mass is 32.2. The number of amides is 1. The van der Waals surface area contributed by atoms with Gasteiger partial charge in [-0.15, -0.1) is 0 Å². The monoisotopic (exact) mass is 429 g/mol. The van der Waals surface area contributed by atoms with E-state index in [0.29, 0.717) is 10.1 Å². The molecule has 148 valence electrons. The number of carbonyl (C=O) groups excluding carboxylic acids is 1. The molecule has 2 aliphatic rings. The summed E-state index contributed by atoms with van der Waals surface area (Å²) in [6.45, 7) is 2.03. The zero-order valence-electron chi connectivity index (χ0n) is 16.6. The van der Waals surface area contributed by atoms with E-state index >= 15 is 0 Å². The van der Waals surface area contributed by atoms with Crippen LogP contribution in [0.15, 0.2) is 98.7 Å². The Hall–Kier alpha value is -2.96. The third-order valence-electron chi connectivity index (χ3n) is 4.95. The van der Waals surface area contributed by atoms with Crippen molar-refractivity contribution in [2.45, 2.75) is 11.8 Å². The third-order valence-corrected chi connectivity index (χ3v) is 7.35. The fraction of sp³-hybridized carbons (Fsp3) is 0.0833. The standard InChI is InChI=1S/C24H19N3OS2/c1-16-9-8-12-18(15-16)27-22(28)21(30-24(27)25-17-10-4-3-5-11-17)23-26(2)19-13-6-7-14-20(19)29-23/h3-15H,1-2H3/b23-21-,25-24?. The summed E-state index contributed by atoms with van der Waals surface area (Å²) in [7, 11) is 2.01. The van der Waals surface area contributed by atoms with Crippen molar-refractivity contribution in [1.82, 2.24) is 0 Å². The molecule has 5 rings (SSSR count). The number of nitrogens with zero attached hydrogens (tertiary/aromatic N) is 3.